The molecule has 38 heavy (non-hydrogen) atoms. The molecule has 0 unspecified atom stereocenters. The monoisotopic (exact) mass is 544 g/mol. The van der Waals surface area contributed by atoms with Crippen molar-refractivity contribution in [2.45, 2.75) is 13.8 Å². The topological polar surface area (TPSA) is 92.8 Å². The first-order chi connectivity index (χ1) is 18.3. The summed E-state index contributed by atoms with van der Waals surface area (Å²) in [5.41, 5.74) is 2.79. The number of benzene rings is 3. The largest absolute Gasteiger partial charge is 0.462 e. The molecule has 0 saturated carbocycles. The van der Waals surface area contributed by atoms with Gasteiger partial charge in [0.2, 0.25) is 0 Å². The van der Waals surface area contributed by atoms with Crippen molar-refractivity contribution in [1.29, 1.82) is 0 Å². The zero-order chi connectivity index (χ0) is 27.0. The van der Waals surface area contributed by atoms with Crippen molar-refractivity contribution in [3.05, 3.63) is 105 Å². The minimum Gasteiger partial charge on any atom is -0.462 e. The van der Waals surface area contributed by atoms with E-state index in [1.54, 1.807) is 73.7 Å². The lowest BCUT2D eigenvalue weighted by atomic mass is 10.0. The molecular formula is C29H21ClN2O5S. The number of nitrogens with one attached hydrogen (secondary N) is 1. The van der Waals surface area contributed by atoms with E-state index in [9.17, 15) is 19.2 Å². The van der Waals surface area contributed by atoms with E-state index in [0.717, 1.165) is 15.3 Å². The van der Waals surface area contributed by atoms with Gasteiger partial charge in [-0.25, -0.2) is 9.69 Å². The van der Waals surface area contributed by atoms with Crippen molar-refractivity contribution in [2.75, 3.05) is 16.8 Å². The highest BCUT2D eigenvalue weighted by molar-refractivity contribution is 7.17. The highest BCUT2D eigenvalue weighted by atomic mass is 35.5. The van der Waals surface area contributed by atoms with Crippen molar-refractivity contribution < 1.29 is 23.9 Å². The van der Waals surface area contributed by atoms with Crippen molar-refractivity contribution in [2.24, 2.45) is 0 Å². The molecule has 3 aromatic carbocycles. The molecule has 0 atom stereocenters. The van der Waals surface area contributed by atoms with E-state index in [1.807, 2.05) is 6.92 Å². The fourth-order valence-corrected chi connectivity index (χ4v) is 5.57. The van der Waals surface area contributed by atoms with Crippen molar-refractivity contribution in [3.8, 4) is 11.1 Å². The van der Waals surface area contributed by atoms with Crippen molar-refractivity contribution >= 4 is 57.3 Å². The number of rotatable bonds is 6. The summed E-state index contributed by atoms with van der Waals surface area (Å²) < 4.78 is 5.30. The number of carbonyl (C=O) groups is 4. The van der Waals surface area contributed by atoms with Crippen LogP contribution in [0, 0.1) is 6.92 Å². The van der Waals surface area contributed by atoms with E-state index in [-0.39, 0.29) is 23.4 Å². The van der Waals surface area contributed by atoms with Gasteiger partial charge in [0, 0.05) is 21.0 Å². The van der Waals surface area contributed by atoms with Crippen LogP contribution in [0.25, 0.3) is 11.1 Å². The van der Waals surface area contributed by atoms with Crippen LogP contribution in [0.2, 0.25) is 5.02 Å². The first-order valence-corrected chi connectivity index (χ1v) is 12.9. The summed E-state index contributed by atoms with van der Waals surface area (Å²) in [5, 5.41) is 3.73. The molecule has 4 aromatic rings. The number of carbonyl (C=O) groups excluding carboxylic acids is 4. The molecule has 1 N–H and O–H groups in total. The number of halogens is 1. The summed E-state index contributed by atoms with van der Waals surface area (Å²) in [5.74, 6) is -1.96. The van der Waals surface area contributed by atoms with Crippen LogP contribution in [-0.4, -0.2) is 30.3 Å². The van der Waals surface area contributed by atoms with Crippen LogP contribution in [0.15, 0.2) is 72.8 Å². The maximum Gasteiger partial charge on any atom is 0.341 e. The van der Waals surface area contributed by atoms with E-state index in [4.69, 9.17) is 16.3 Å². The summed E-state index contributed by atoms with van der Waals surface area (Å²) in [7, 11) is 0. The number of aryl methyl sites for hydroxylation is 1. The Labute approximate surface area is 227 Å². The summed E-state index contributed by atoms with van der Waals surface area (Å²) in [6, 6.07) is 19.9. The van der Waals surface area contributed by atoms with Gasteiger partial charge in [-0.05, 0) is 61.9 Å². The molecule has 3 amide bonds. The Morgan fingerprint density at radius 2 is 1.61 bits per heavy atom. The molecule has 190 valence electrons. The van der Waals surface area contributed by atoms with Gasteiger partial charge < -0.3 is 10.1 Å². The minimum atomic E-state index is -0.558. The van der Waals surface area contributed by atoms with Gasteiger partial charge in [-0.2, -0.15) is 0 Å². The van der Waals surface area contributed by atoms with Crippen LogP contribution in [0.3, 0.4) is 0 Å². The smallest absolute Gasteiger partial charge is 0.341 e. The first kappa shape index (κ1) is 25.4. The lowest BCUT2D eigenvalue weighted by molar-refractivity contribution is 0.0528. The maximum atomic E-state index is 13.3. The average Bonchev–Trinajstić information content (AvgIpc) is 3.37. The number of anilines is 2. The summed E-state index contributed by atoms with van der Waals surface area (Å²) >= 11 is 7.30. The fourth-order valence-electron chi connectivity index (χ4n) is 4.38. The Hall–Kier alpha value is -4.27. The summed E-state index contributed by atoms with van der Waals surface area (Å²) in [6.45, 7) is 3.74. The standard InChI is InChI=1S/C29H21ClN2O5S/c1-3-37-29(36)24-23(17-11-13-19(30)14-12-17)16(2)38-26(24)31-25(33)18-7-6-8-20(15-18)32-27(34)21-9-4-5-10-22(21)28(32)35/h4-15H,3H2,1-2H3,(H,31,33). The number of nitrogens with zero attached hydrogens (tertiary/aromatic N) is 1. The van der Waals surface area contributed by atoms with Crippen LogP contribution in [0.1, 0.15) is 53.2 Å². The lowest BCUT2D eigenvalue weighted by Crippen LogP contribution is -2.29. The minimum absolute atomic E-state index is 0.170. The average molecular weight is 545 g/mol. The molecule has 9 heteroatoms. The Bertz CT molecular complexity index is 1570. The zero-order valence-corrected chi connectivity index (χ0v) is 22.0. The number of amides is 3. The van der Waals surface area contributed by atoms with E-state index < -0.39 is 23.7 Å². The number of imide groups is 1. The predicted octanol–water partition coefficient (Wildman–Crippen LogP) is 6.61. The summed E-state index contributed by atoms with van der Waals surface area (Å²) in [6.07, 6.45) is 0. The van der Waals surface area contributed by atoms with Crippen LogP contribution in [0.5, 0.6) is 0 Å². The third kappa shape index (κ3) is 4.49. The van der Waals surface area contributed by atoms with E-state index >= 15 is 0 Å². The second-order valence-electron chi connectivity index (χ2n) is 8.46. The molecular weight excluding hydrogens is 524 g/mol. The molecule has 1 aliphatic rings. The maximum absolute atomic E-state index is 13.3. The van der Waals surface area contributed by atoms with Gasteiger partial charge in [0.15, 0.2) is 0 Å². The number of hydrogen-bond donors (Lipinski definition) is 1. The molecule has 0 saturated heterocycles. The fraction of sp³-hybridized carbons (Fsp3) is 0.103. The van der Waals surface area contributed by atoms with E-state index in [2.05, 4.69) is 5.32 Å². The Morgan fingerprint density at radius 3 is 2.24 bits per heavy atom. The third-order valence-electron chi connectivity index (χ3n) is 6.08. The van der Waals surface area contributed by atoms with Crippen LogP contribution in [-0.2, 0) is 4.74 Å². The van der Waals surface area contributed by atoms with Crippen LogP contribution in [0.4, 0.5) is 10.7 Å². The predicted molar refractivity (Wildman–Crippen MR) is 147 cm³/mol. The number of hydrogen-bond acceptors (Lipinski definition) is 6. The third-order valence-corrected chi connectivity index (χ3v) is 7.36. The van der Waals surface area contributed by atoms with Crippen molar-refractivity contribution in [3.63, 3.8) is 0 Å². The number of fused-ring (bicyclic) bond motifs is 1. The Morgan fingerprint density at radius 1 is 0.947 bits per heavy atom. The molecule has 0 bridgehead atoms. The van der Waals surface area contributed by atoms with Gasteiger partial charge in [0.25, 0.3) is 17.7 Å². The Kier molecular flexibility index (Phi) is 6.84. The van der Waals surface area contributed by atoms with Gasteiger partial charge >= 0.3 is 5.97 Å². The number of ether oxygens (including phenoxy) is 1. The van der Waals surface area contributed by atoms with Gasteiger partial charge in [0.1, 0.15) is 10.6 Å². The second kappa shape index (κ2) is 10.2. The number of thiophene rings is 1. The molecule has 1 aromatic heterocycles. The van der Waals surface area contributed by atoms with Crippen molar-refractivity contribution in [1.82, 2.24) is 0 Å². The van der Waals surface area contributed by atoms with Crippen LogP contribution >= 0.6 is 22.9 Å². The summed E-state index contributed by atoms with van der Waals surface area (Å²) in [4.78, 5) is 54.0. The highest BCUT2D eigenvalue weighted by Gasteiger charge is 2.36. The lowest BCUT2D eigenvalue weighted by Gasteiger charge is -2.15. The molecule has 0 aliphatic carbocycles. The van der Waals surface area contributed by atoms with Gasteiger partial charge in [0.05, 0.1) is 23.4 Å². The zero-order valence-electron chi connectivity index (χ0n) is 20.4. The van der Waals surface area contributed by atoms with Crippen LogP contribution < -0.4 is 10.2 Å². The quantitative estimate of drug-likeness (QED) is 0.218. The van der Waals surface area contributed by atoms with E-state index in [0.29, 0.717) is 26.7 Å². The van der Waals surface area contributed by atoms with Gasteiger partial charge in [-0.15, -0.1) is 11.3 Å². The normalized spacial score (nSPS) is 12.4. The first-order valence-electron chi connectivity index (χ1n) is 11.8. The molecule has 7 nitrogen and oxygen atoms in total. The second-order valence-corrected chi connectivity index (χ2v) is 10.1. The number of esters is 1. The van der Waals surface area contributed by atoms with Gasteiger partial charge in [-0.3, -0.25) is 14.4 Å². The molecule has 0 radical (unpaired) electrons. The molecule has 0 spiro atoms. The Balaban J connectivity index is 1.48. The SMILES string of the molecule is CCOC(=O)c1c(NC(=O)c2cccc(N3C(=O)c4ccccc4C3=O)c2)sc(C)c1-c1ccc(Cl)cc1. The molecule has 0 fully saturated rings. The highest BCUT2D eigenvalue weighted by Crippen LogP contribution is 2.41. The molecule has 2 heterocycles. The van der Waals surface area contributed by atoms with Gasteiger partial charge in [-0.1, -0.05) is 41.9 Å². The molecule has 1 aliphatic heterocycles. The molecule has 5 rings (SSSR count). The van der Waals surface area contributed by atoms with E-state index in [1.165, 1.54) is 17.4 Å².